The summed E-state index contributed by atoms with van der Waals surface area (Å²) in [4.78, 5) is 42.3. The van der Waals surface area contributed by atoms with Gasteiger partial charge in [0.15, 0.2) is 0 Å². The van der Waals surface area contributed by atoms with E-state index < -0.39 is 17.1 Å². The highest BCUT2D eigenvalue weighted by Crippen LogP contribution is 2.42. The Kier molecular flexibility index (Phi) is 5.02. The monoisotopic (exact) mass is 368 g/mol. The number of amides is 2. The smallest absolute Gasteiger partial charge is 0.294 e. The van der Waals surface area contributed by atoms with Gasteiger partial charge in [0.2, 0.25) is 11.7 Å². The molecule has 2 heterocycles. The summed E-state index contributed by atoms with van der Waals surface area (Å²) in [6.07, 6.45) is 8.41. The number of rotatable bonds is 3. The van der Waals surface area contributed by atoms with Gasteiger partial charge in [-0.25, -0.2) is 0 Å². The van der Waals surface area contributed by atoms with Gasteiger partial charge in [0.05, 0.1) is 5.41 Å². The third-order valence-electron chi connectivity index (χ3n) is 6.66. The van der Waals surface area contributed by atoms with E-state index in [-0.39, 0.29) is 5.91 Å². The van der Waals surface area contributed by atoms with Crippen molar-refractivity contribution in [3.8, 4) is 0 Å². The van der Waals surface area contributed by atoms with Crippen LogP contribution in [0.1, 0.15) is 61.7 Å². The van der Waals surface area contributed by atoms with Crippen molar-refractivity contribution < 1.29 is 14.4 Å². The molecule has 27 heavy (non-hydrogen) atoms. The maximum Gasteiger partial charge on any atom is 0.294 e. The number of piperidine rings is 1. The summed E-state index contributed by atoms with van der Waals surface area (Å²) in [5, 5.41) is 0. The molecule has 1 aromatic rings. The second-order valence-electron chi connectivity index (χ2n) is 8.35. The van der Waals surface area contributed by atoms with E-state index in [9.17, 15) is 14.4 Å². The van der Waals surface area contributed by atoms with Gasteiger partial charge in [-0.1, -0.05) is 49.6 Å². The molecule has 5 nitrogen and oxygen atoms in total. The number of benzene rings is 1. The molecule has 3 fully saturated rings. The normalized spacial score (nSPS) is 26.6. The number of Topliss-reactive ketones (excluding diaryl/α,β-unsaturated/α-hetero) is 1. The Balaban J connectivity index is 1.46. The number of hydrogen-bond acceptors (Lipinski definition) is 3. The molecule has 1 atom stereocenters. The van der Waals surface area contributed by atoms with E-state index in [1.54, 1.807) is 29.2 Å². The van der Waals surface area contributed by atoms with Crippen LogP contribution < -0.4 is 0 Å². The second kappa shape index (κ2) is 7.45. The van der Waals surface area contributed by atoms with Crippen LogP contribution in [0.15, 0.2) is 30.3 Å². The van der Waals surface area contributed by atoms with Crippen molar-refractivity contribution in [2.45, 2.75) is 57.4 Å². The van der Waals surface area contributed by atoms with Crippen LogP contribution in [0.2, 0.25) is 0 Å². The maximum absolute atomic E-state index is 13.4. The fraction of sp³-hybridized carbons (Fsp3) is 0.591. The highest BCUT2D eigenvalue weighted by molar-refractivity contribution is 6.42. The number of carbonyl (C=O) groups excluding carboxylic acids is 3. The predicted molar refractivity (Wildman–Crippen MR) is 102 cm³/mol. The second-order valence-corrected chi connectivity index (χ2v) is 8.35. The number of carbonyl (C=O) groups is 3. The van der Waals surface area contributed by atoms with Crippen LogP contribution in [0.25, 0.3) is 0 Å². The third-order valence-corrected chi connectivity index (χ3v) is 6.66. The molecule has 144 valence electrons. The molecule has 1 spiro atoms. The molecular weight excluding hydrogens is 340 g/mol. The Morgan fingerprint density at radius 1 is 0.926 bits per heavy atom. The Labute approximate surface area is 160 Å². The molecule has 4 rings (SSSR count). The molecule has 1 saturated carbocycles. The minimum absolute atomic E-state index is 0.225. The lowest BCUT2D eigenvalue weighted by molar-refractivity contribution is -0.149. The van der Waals surface area contributed by atoms with Crippen LogP contribution in [0.4, 0.5) is 0 Å². The zero-order chi connectivity index (χ0) is 18.9. The molecule has 5 heteroatoms. The SMILES string of the molecule is O=C(C(=O)N1CC[C@@]2(CCCN(C3CCCCC3)C2=O)C1)c1ccccc1. The minimum atomic E-state index is -0.472. The Morgan fingerprint density at radius 2 is 1.67 bits per heavy atom. The molecule has 1 aromatic carbocycles. The van der Waals surface area contributed by atoms with Crippen LogP contribution in [0, 0.1) is 5.41 Å². The predicted octanol–water partition coefficient (Wildman–Crippen LogP) is 3.04. The Morgan fingerprint density at radius 3 is 2.41 bits per heavy atom. The summed E-state index contributed by atoms with van der Waals surface area (Å²) < 4.78 is 0. The van der Waals surface area contributed by atoms with E-state index >= 15 is 0 Å². The van der Waals surface area contributed by atoms with Gasteiger partial charge in [0.1, 0.15) is 0 Å². The van der Waals surface area contributed by atoms with E-state index in [2.05, 4.69) is 4.90 Å². The molecular formula is C22H28N2O3. The molecule has 3 aliphatic rings. The molecule has 0 aromatic heterocycles. The highest BCUT2D eigenvalue weighted by Gasteiger charge is 2.51. The summed E-state index contributed by atoms with van der Waals surface area (Å²) in [6, 6.07) is 9.06. The van der Waals surface area contributed by atoms with E-state index in [0.717, 1.165) is 32.2 Å². The molecule has 0 radical (unpaired) electrons. The van der Waals surface area contributed by atoms with Gasteiger partial charge in [0, 0.05) is 31.2 Å². The van der Waals surface area contributed by atoms with Gasteiger partial charge in [0.25, 0.3) is 5.91 Å². The van der Waals surface area contributed by atoms with Crippen LogP contribution >= 0.6 is 0 Å². The van der Waals surface area contributed by atoms with Crippen LogP contribution in [-0.4, -0.2) is 53.1 Å². The molecule has 2 amide bonds. The first-order chi connectivity index (χ1) is 13.1. The lowest BCUT2D eigenvalue weighted by atomic mass is 9.77. The van der Waals surface area contributed by atoms with E-state index in [1.165, 1.54) is 19.3 Å². The lowest BCUT2D eigenvalue weighted by Crippen LogP contribution is -2.54. The van der Waals surface area contributed by atoms with Crippen molar-refractivity contribution in [2.24, 2.45) is 5.41 Å². The molecule has 0 bridgehead atoms. The molecule has 0 N–H and O–H groups in total. The number of ketones is 1. The zero-order valence-electron chi connectivity index (χ0n) is 15.9. The van der Waals surface area contributed by atoms with Gasteiger partial charge in [-0.05, 0) is 32.1 Å². The zero-order valence-corrected chi connectivity index (χ0v) is 15.9. The van der Waals surface area contributed by atoms with Crippen LogP contribution in [-0.2, 0) is 9.59 Å². The highest BCUT2D eigenvalue weighted by atomic mass is 16.2. The number of nitrogens with zero attached hydrogens (tertiary/aromatic N) is 2. The Bertz CT molecular complexity index is 726. The third kappa shape index (κ3) is 3.40. The van der Waals surface area contributed by atoms with Gasteiger partial charge < -0.3 is 9.80 Å². The van der Waals surface area contributed by atoms with Crippen molar-refractivity contribution in [1.29, 1.82) is 0 Å². The topological polar surface area (TPSA) is 57.7 Å². The quantitative estimate of drug-likeness (QED) is 0.609. The largest absolute Gasteiger partial charge is 0.339 e. The first-order valence-electron chi connectivity index (χ1n) is 10.3. The summed E-state index contributed by atoms with van der Waals surface area (Å²) in [5.41, 5.74) is -0.0512. The fourth-order valence-electron chi connectivity index (χ4n) is 5.12. The lowest BCUT2D eigenvalue weighted by Gasteiger charge is -2.44. The van der Waals surface area contributed by atoms with Crippen molar-refractivity contribution in [1.82, 2.24) is 9.80 Å². The first kappa shape index (κ1) is 18.2. The molecule has 0 unspecified atom stereocenters. The summed E-state index contributed by atoms with van der Waals surface area (Å²) in [6.45, 7) is 1.75. The standard InChI is InChI=1S/C22H28N2O3/c25-19(17-8-3-1-4-9-17)20(26)23-15-13-22(16-23)12-7-14-24(21(22)27)18-10-5-2-6-11-18/h1,3-4,8-9,18H,2,5-7,10-16H2/t22-/m0/s1. The average Bonchev–Trinajstić information content (AvgIpc) is 3.15. The van der Waals surface area contributed by atoms with Crippen molar-refractivity contribution in [3.63, 3.8) is 0 Å². The molecule has 2 saturated heterocycles. The van der Waals surface area contributed by atoms with E-state index in [0.29, 0.717) is 31.1 Å². The number of hydrogen-bond donors (Lipinski definition) is 0. The first-order valence-corrected chi connectivity index (χ1v) is 10.3. The van der Waals surface area contributed by atoms with E-state index in [4.69, 9.17) is 0 Å². The number of likely N-dealkylation sites (tertiary alicyclic amines) is 2. The van der Waals surface area contributed by atoms with Gasteiger partial charge >= 0.3 is 0 Å². The Hall–Kier alpha value is -2.17. The fourth-order valence-corrected chi connectivity index (χ4v) is 5.12. The van der Waals surface area contributed by atoms with Crippen LogP contribution in [0.3, 0.4) is 0 Å². The molecule has 1 aliphatic carbocycles. The summed E-state index contributed by atoms with van der Waals surface area (Å²) in [7, 11) is 0. The minimum Gasteiger partial charge on any atom is -0.339 e. The van der Waals surface area contributed by atoms with Gasteiger partial charge in [-0.3, -0.25) is 14.4 Å². The van der Waals surface area contributed by atoms with E-state index in [1.807, 2.05) is 6.07 Å². The van der Waals surface area contributed by atoms with Gasteiger partial charge in [-0.15, -0.1) is 0 Å². The van der Waals surface area contributed by atoms with Gasteiger partial charge in [-0.2, -0.15) is 0 Å². The molecule has 2 aliphatic heterocycles. The van der Waals surface area contributed by atoms with Crippen molar-refractivity contribution in [3.05, 3.63) is 35.9 Å². The summed E-state index contributed by atoms with van der Waals surface area (Å²) in [5.74, 6) is -0.719. The van der Waals surface area contributed by atoms with Crippen LogP contribution in [0.5, 0.6) is 0 Å². The van der Waals surface area contributed by atoms with Crippen molar-refractivity contribution in [2.75, 3.05) is 19.6 Å². The maximum atomic E-state index is 13.4. The summed E-state index contributed by atoms with van der Waals surface area (Å²) >= 11 is 0. The van der Waals surface area contributed by atoms with Crippen molar-refractivity contribution >= 4 is 17.6 Å². The average molecular weight is 368 g/mol.